The van der Waals surface area contributed by atoms with Crippen molar-refractivity contribution in [3.05, 3.63) is 41.2 Å². The van der Waals surface area contributed by atoms with Gasteiger partial charge in [-0.25, -0.2) is 0 Å². The molecular weight excluding hydrogens is 198 g/mol. The summed E-state index contributed by atoms with van der Waals surface area (Å²) in [5, 5.41) is 4.66. The van der Waals surface area contributed by atoms with Crippen LogP contribution in [0, 0.1) is 6.92 Å². The smallest absolute Gasteiger partial charge is 0.0589 e. The van der Waals surface area contributed by atoms with Gasteiger partial charge in [0.25, 0.3) is 0 Å². The summed E-state index contributed by atoms with van der Waals surface area (Å²) in [7, 11) is 0. The van der Waals surface area contributed by atoms with Gasteiger partial charge in [0.05, 0.1) is 12.4 Å². The number of nitrogen functional groups attached to an aromatic ring is 1. The Morgan fingerprint density at radius 1 is 1.43 bits per heavy atom. The van der Waals surface area contributed by atoms with Crippen molar-refractivity contribution < 1.29 is 0 Å². The molecule has 1 aromatic heterocycles. The van der Waals surface area contributed by atoms with Crippen molar-refractivity contribution in [1.29, 1.82) is 0 Å². The molecule has 72 valence electrons. The van der Waals surface area contributed by atoms with E-state index in [4.69, 9.17) is 17.4 Å². The third-order valence-electron chi connectivity index (χ3n) is 2.10. The fourth-order valence-corrected chi connectivity index (χ4v) is 1.65. The van der Waals surface area contributed by atoms with Crippen LogP contribution in [0.25, 0.3) is 11.1 Å². The quantitative estimate of drug-likeness (QED) is 0.729. The highest BCUT2D eigenvalue weighted by Gasteiger charge is 2.04. The van der Waals surface area contributed by atoms with Gasteiger partial charge in [0.15, 0.2) is 0 Å². The first-order valence-electron chi connectivity index (χ1n) is 4.23. The minimum absolute atomic E-state index is 0.742. The maximum absolute atomic E-state index is 5.86. The number of benzene rings is 1. The fraction of sp³-hybridized carbons (Fsp3) is 0.100. The van der Waals surface area contributed by atoms with Gasteiger partial charge in [0.2, 0.25) is 0 Å². The fourth-order valence-electron chi connectivity index (χ4n) is 1.43. The Morgan fingerprint density at radius 2 is 2.21 bits per heavy atom. The molecule has 2 rings (SSSR count). The molecule has 0 atom stereocenters. The van der Waals surface area contributed by atoms with E-state index in [9.17, 15) is 0 Å². The zero-order valence-corrected chi connectivity index (χ0v) is 8.49. The lowest BCUT2D eigenvalue weighted by Crippen LogP contribution is -2.06. The van der Waals surface area contributed by atoms with Gasteiger partial charge < -0.3 is 5.84 Å². The average molecular weight is 208 g/mol. The van der Waals surface area contributed by atoms with Crippen molar-refractivity contribution in [2.24, 2.45) is 0 Å². The first-order valence-corrected chi connectivity index (χ1v) is 4.61. The molecule has 0 fully saturated rings. The lowest BCUT2D eigenvalue weighted by molar-refractivity contribution is 0.832. The Bertz CT molecular complexity index is 462. The van der Waals surface area contributed by atoms with Crippen molar-refractivity contribution in [2.45, 2.75) is 6.92 Å². The van der Waals surface area contributed by atoms with Gasteiger partial charge >= 0.3 is 0 Å². The van der Waals surface area contributed by atoms with Gasteiger partial charge in [-0.1, -0.05) is 17.7 Å². The number of hydrogen-bond acceptors (Lipinski definition) is 2. The molecule has 0 amide bonds. The van der Waals surface area contributed by atoms with E-state index in [1.807, 2.05) is 25.1 Å². The predicted molar refractivity (Wildman–Crippen MR) is 57.6 cm³/mol. The van der Waals surface area contributed by atoms with E-state index in [1.165, 1.54) is 4.79 Å². The monoisotopic (exact) mass is 207 g/mol. The van der Waals surface area contributed by atoms with Crippen molar-refractivity contribution in [1.82, 2.24) is 9.89 Å². The minimum atomic E-state index is 0.742. The first kappa shape index (κ1) is 9.09. The molecule has 0 aliphatic carbocycles. The zero-order valence-electron chi connectivity index (χ0n) is 7.74. The van der Waals surface area contributed by atoms with Crippen molar-refractivity contribution in [2.75, 3.05) is 5.84 Å². The molecule has 0 aliphatic rings. The van der Waals surface area contributed by atoms with Gasteiger partial charge in [-0.2, -0.15) is 9.89 Å². The molecule has 0 saturated carbocycles. The van der Waals surface area contributed by atoms with Crippen molar-refractivity contribution in [3.8, 4) is 11.1 Å². The Hall–Kier alpha value is -1.48. The third kappa shape index (κ3) is 1.59. The predicted octanol–water partition coefficient (Wildman–Crippen LogP) is 2.23. The second-order valence-electron chi connectivity index (χ2n) is 3.17. The van der Waals surface area contributed by atoms with Crippen LogP contribution >= 0.6 is 11.6 Å². The van der Waals surface area contributed by atoms with Crippen LogP contribution in [0.15, 0.2) is 30.6 Å². The SMILES string of the molecule is Cc1cc(Cl)ccc1-c1cnn(N)c1. The van der Waals surface area contributed by atoms with E-state index in [0.29, 0.717) is 0 Å². The summed E-state index contributed by atoms with van der Waals surface area (Å²) in [6, 6.07) is 5.75. The minimum Gasteiger partial charge on any atom is -0.323 e. The van der Waals surface area contributed by atoms with Gasteiger partial charge in [-0.3, -0.25) is 0 Å². The van der Waals surface area contributed by atoms with E-state index >= 15 is 0 Å². The molecule has 4 heteroatoms. The number of nitrogens with two attached hydrogens (primary N) is 1. The second kappa shape index (κ2) is 3.35. The van der Waals surface area contributed by atoms with Crippen LogP contribution in [0.1, 0.15) is 5.56 Å². The van der Waals surface area contributed by atoms with Gasteiger partial charge in [-0.05, 0) is 30.2 Å². The van der Waals surface area contributed by atoms with Crippen molar-refractivity contribution in [3.63, 3.8) is 0 Å². The third-order valence-corrected chi connectivity index (χ3v) is 2.34. The Labute approximate surface area is 87.1 Å². The summed E-state index contributed by atoms with van der Waals surface area (Å²) in [4.78, 5) is 1.30. The Balaban J connectivity index is 2.52. The van der Waals surface area contributed by atoms with Crippen LogP contribution in [-0.2, 0) is 0 Å². The highest BCUT2D eigenvalue weighted by molar-refractivity contribution is 6.30. The van der Waals surface area contributed by atoms with Crippen molar-refractivity contribution >= 4 is 11.6 Å². The molecule has 2 N–H and O–H groups in total. The molecule has 0 bridgehead atoms. The van der Waals surface area contributed by atoms with E-state index < -0.39 is 0 Å². The zero-order chi connectivity index (χ0) is 10.1. The molecule has 1 aromatic carbocycles. The topological polar surface area (TPSA) is 43.8 Å². The van der Waals surface area contributed by atoms with Gasteiger partial charge in [-0.15, -0.1) is 0 Å². The van der Waals surface area contributed by atoms with Crippen LogP contribution in [0.4, 0.5) is 0 Å². The maximum Gasteiger partial charge on any atom is 0.0589 e. The van der Waals surface area contributed by atoms with E-state index in [1.54, 1.807) is 12.4 Å². The standard InChI is InChI=1S/C10H10ClN3/c1-7-4-9(11)2-3-10(7)8-5-13-14(12)6-8/h2-6H,12H2,1H3. The van der Waals surface area contributed by atoms with Crippen LogP contribution in [-0.4, -0.2) is 9.89 Å². The van der Waals surface area contributed by atoms with E-state index in [0.717, 1.165) is 21.7 Å². The van der Waals surface area contributed by atoms with Crippen LogP contribution in [0.5, 0.6) is 0 Å². The normalized spacial score (nSPS) is 10.4. The largest absolute Gasteiger partial charge is 0.323 e. The first-order chi connectivity index (χ1) is 6.66. The van der Waals surface area contributed by atoms with Gasteiger partial charge in [0.1, 0.15) is 0 Å². The number of hydrogen-bond donors (Lipinski definition) is 1. The summed E-state index contributed by atoms with van der Waals surface area (Å²) in [5.74, 6) is 5.48. The van der Waals surface area contributed by atoms with Crippen LogP contribution in [0.2, 0.25) is 5.02 Å². The summed E-state index contributed by atoms with van der Waals surface area (Å²) in [5.41, 5.74) is 3.22. The highest BCUT2D eigenvalue weighted by atomic mass is 35.5. The molecule has 0 radical (unpaired) electrons. The lowest BCUT2D eigenvalue weighted by Gasteiger charge is -2.02. The Kier molecular flexibility index (Phi) is 2.17. The highest BCUT2D eigenvalue weighted by Crippen LogP contribution is 2.24. The molecule has 2 aromatic rings. The van der Waals surface area contributed by atoms with Crippen LogP contribution in [0.3, 0.4) is 0 Å². The van der Waals surface area contributed by atoms with E-state index in [2.05, 4.69) is 5.10 Å². The van der Waals surface area contributed by atoms with E-state index in [-0.39, 0.29) is 0 Å². The van der Waals surface area contributed by atoms with Crippen LogP contribution < -0.4 is 5.84 Å². The number of aromatic nitrogens is 2. The maximum atomic E-state index is 5.86. The number of nitrogens with zero attached hydrogens (tertiary/aromatic N) is 2. The number of aryl methyl sites for hydroxylation is 1. The summed E-state index contributed by atoms with van der Waals surface area (Å²) >= 11 is 5.86. The number of halogens is 1. The molecule has 3 nitrogen and oxygen atoms in total. The molecule has 0 aliphatic heterocycles. The van der Waals surface area contributed by atoms with Gasteiger partial charge in [0, 0.05) is 10.6 Å². The summed E-state index contributed by atoms with van der Waals surface area (Å²) < 4.78 is 0. The average Bonchev–Trinajstić information content (AvgIpc) is 2.51. The molecule has 0 spiro atoms. The molecule has 0 saturated heterocycles. The number of rotatable bonds is 1. The molecule has 1 heterocycles. The Morgan fingerprint density at radius 3 is 2.79 bits per heavy atom. The molecular formula is C10H10ClN3. The summed E-state index contributed by atoms with van der Waals surface area (Å²) in [6.45, 7) is 2.01. The lowest BCUT2D eigenvalue weighted by atomic mass is 10.0. The second-order valence-corrected chi connectivity index (χ2v) is 3.60. The summed E-state index contributed by atoms with van der Waals surface area (Å²) in [6.07, 6.45) is 3.51. The molecule has 14 heavy (non-hydrogen) atoms. The molecule has 0 unspecified atom stereocenters.